The molecule has 0 aromatic rings. The molecule has 3 nitrogen and oxygen atoms in total. The summed E-state index contributed by atoms with van der Waals surface area (Å²) in [6, 6.07) is 0. The van der Waals surface area contributed by atoms with Crippen LogP contribution in [-0.2, 0) is 4.79 Å². The van der Waals surface area contributed by atoms with Gasteiger partial charge in [-0.25, -0.2) is 0 Å². The normalized spacial score (nSPS) is 25.7. The lowest BCUT2D eigenvalue weighted by Gasteiger charge is -2.26. The molecule has 22 heavy (non-hydrogen) atoms. The van der Waals surface area contributed by atoms with Gasteiger partial charge >= 0.3 is 0 Å². The molecule has 0 radical (unpaired) electrons. The second kappa shape index (κ2) is 6.72. The van der Waals surface area contributed by atoms with Crippen LogP contribution in [0, 0.1) is 5.92 Å². The van der Waals surface area contributed by atoms with Crippen LogP contribution in [0.4, 0.5) is 0 Å². The summed E-state index contributed by atoms with van der Waals surface area (Å²) in [5.74, 6) is 0.736. The van der Waals surface area contributed by atoms with Crippen molar-refractivity contribution in [2.24, 2.45) is 5.92 Å². The van der Waals surface area contributed by atoms with Gasteiger partial charge in [-0.1, -0.05) is 19.6 Å². The molecule has 0 aliphatic carbocycles. The van der Waals surface area contributed by atoms with Crippen LogP contribution in [0.5, 0.6) is 0 Å². The summed E-state index contributed by atoms with van der Waals surface area (Å²) in [6.07, 6.45) is 8.16. The monoisotopic (exact) mass is 302 g/mol. The van der Waals surface area contributed by atoms with Gasteiger partial charge in [0.25, 0.3) is 5.91 Å². The predicted molar refractivity (Wildman–Crippen MR) is 92.4 cm³/mol. The number of amides is 1. The fraction of sp³-hybridized carbons (Fsp3) is 0.632. The Hall–Kier alpha value is -1.51. The first-order valence-corrected chi connectivity index (χ1v) is 8.44. The van der Waals surface area contributed by atoms with Gasteiger partial charge in [-0.3, -0.25) is 4.79 Å². The molecule has 0 spiro atoms. The molecule has 0 aromatic carbocycles. The first-order chi connectivity index (χ1) is 10.3. The molecule has 0 unspecified atom stereocenters. The predicted octanol–water partition coefficient (Wildman–Crippen LogP) is 3.79. The first kappa shape index (κ1) is 16.9. The maximum Gasteiger partial charge on any atom is 0.253 e. The van der Waals surface area contributed by atoms with E-state index < -0.39 is 0 Å². The maximum atomic E-state index is 12.7. The summed E-state index contributed by atoms with van der Waals surface area (Å²) in [5, 5.41) is 3.59. The fourth-order valence-electron chi connectivity index (χ4n) is 3.44. The highest BCUT2D eigenvalue weighted by atomic mass is 16.2. The lowest BCUT2D eigenvalue weighted by molar-refractivity contribution is -0.125. The highest BCUT2D eigenvalue weighted by Crippen LogP contribution is 2.26. The van der Waals surface area contributed by atoms with Crippen LogP contribution >= 0.6 is 0 Å². The highest BCUT2D eigenvalue weighted by molar-refractivity contribution is 5.96. The smallest absolute Gasteiger partial charge is 0.253 e. The fourth-order valence-corrected chi connectivity index (χ4v) is 3.44. The minimum absolute atomic E-state index is 0.127. The van der Waals surface area contributed by atoms with E-state index in [0.29, 0.717) is 5.92 Å². The molecule has 1 fully saturated rings. The molecule has 2 aliphatic heterocycles. The average molecular weight is 302 g/mol. The Balaban J connectivity index is 2.20. The van der Waals surface area contributed by atoms with Crippen molar-refractivity contribution in [1.82, 2.24) is 10.2 Å². The molecule has 1 N–H and O–H groups in total. The summed E-state index contributed by atoms with van der Waals surface area (Å²) < 4.78 is 0. The Morgan fingerprint density at radius 1 is 1.45 bits per heavy atom. The molecule has 1 amide bonds. The number of carbonyl (C=O) groups excluding carboxylic acids is 1. The topological polar surface area (TPSA) is 32.3 Å². The molecule has 1 saturated heterocycles. The van der Waals surface area contributed by atoms with Crippen LogP contribution in [0.3, 0.4) is 0 Å². The molecule has 1 atom stereocenters. The quantitative estimate of drug-likeness (QED) is 0.635. The summed E-state index contributed by atoms with van der Waals surface area (Å²) >= 11 is 0. The van der Waals surface area contributed by atoms with Gasteiger partial charge in [0.1, 0.15) is 0 Å². The zero-order valence-electron chi connectivity index (χ0n) is 14.5. The van der Waals surface area contributed by atoms with Crippen LogP contribution in [0.25, 0.3) is 0 Å². The Kier molecular flexibility index (Phi) is 5.15. The van der Waals surface area contributed by atoms with Crippen molar-refractivity contribution < 1.29 is 4.79 Å². The van der Waals surface area contributed by atoms with E-state index in [1.807, 2.05) is 11.0 Å². The third-order valence-corrected chi connectivity index (χ3v) is 4.76. The average Bonchev–Trinajstić information content (AvgIpc) is 2.82. The second-order valence-corrected chi connectivity index (χ2v) is 7.46. The minimum Gasteiger partial charge on any atom is -0.383 e. The van der Waals surface area contributed by atoms with Crippen molar-refractivity contribution in [3.8, 4) is 0 Å². The van der Waals surface area contributed by atoms with E-state index in [2.05, 4.69) is 39.6 Å². The lowest BCUT2D eigenvalue weighted by Crippen LogP contribution is -2.36. The standard InChI is InChI=1S/C19H30N2O/c1-6-16(18(22)21-11-9-14(2)13-21)12-17-8-7-10-19(4,5)20-15(17)3/h6,12,14,20H,1,7-11,13H2,2-5H3/b16-12+/t14-/m0/s1. The summed E-state index contributed by atoms with van der Waals surface area (Å²) in [4.78, 5) is 14.6. The number of carbonyl (C=O) groups is 1. The van der Waals surface area contributed by atoms with E-state index >= 15 is 0 Å². The molecule has 122 valence electrons. The number of hydrogen-bond acceptors (Lipinski definition) is 2. The molecule has 2 rings (SSSR count). The summed E-state index contributed by atoms with van der Waals surface area (Å²) in [6.45, 7) is 14.4. The van der Waals surface area contributed by atoms with Gasteiger partial charge in [-0.2, -0.15) is 0 Å². The van der Waals surface area contributed by atoms with Crippen molar-refractivity contribution in [3.05, 3.63) is 35.6 Å². The number of nitrogens with one attached hydrogen (secondary N) is 1. The zero-order valence-corrected chi connectivity index (χ0v) is 14.5. The number of allylic oxidation sites excluding steroid dienone is 3. The van der Waals surface area contributed by atoms with E-state index in [0.717, 1.165) is 44.3 Å². The number of rotatable bonds is 3. The van der Waals surface area contributed by atoms with Crippen LogP contribution in [0.2, 0.25) is 0 Å². The van der Waals surface area contributed by atoms with Gasteiger partial charge in [0.15, 0.2) is 0 Å². The van der Waals surface area contributed by atoms with Crippen molar-refractivity contribution in [2.75, 3.05) is 13.1 Å². The lowest BCUT2D eigenvalue weighted by atomic mass is 9.98. The molecule has 3 heteroatoms. The second-order valence-electron chi connectivity index (χ2n) is 7.46. The van der Waals surface area contributed by atoms with Crippen molar-refractivity contribution in [3.63, 3.8) is 0 Å². The zero-order chi connectivity index (χ0) is 16.3. The largest absolute Gasteiger partial charge is 0.383 e. The van der Waals surface area contributed by atoms with Gasteiger partial charge in [-0.15, -0.1) is 0 Å². The van der Waals surface area contributed by atoms with Crippen LogP contribution in [-0.4, -0.2) is 29.4 Å². The third-order valence-electron chi connectivity index (χ3n) is 4.76. The SMILES string of the molecule is C=C/C(=C\C1=C(C)NC(C)(C)CCC1)C(=O)N1CC[C@H](C)C1. The van der Waals surface area contributed by atoms with Gasteiger partial charge < -0.3 is 10.2 Å². The van der Waals surface area contributed by atoms with Crippen molar-refractivity contribution >= 4 is 5.91 Å². The van der Waals surface area contributed by atoms with Gasteiger partial charge in [0.05, 0.1) is 0 Å². The summed E-state index contributed by atoms with van der Waals surface area (Å²) in [7, 11) is 0. The number of likely N-dealkylation sites (tertiary alicyclic amines) is 1. The van der Waals surface area contributed by atoms with E-state index in [1.54, 1.807) is 6.08 Å². The molecule has 2 aliphatic rings. The molecular formula is C19H30N2O. The third kappa shape index (κ3) is 4.02. The van der Waals surface area contributed by atoms with E-state index in [9.17, 15) is 4.79 Å². The van der Waals surface area contributed by atoms with Crippen molar-refractivity contribution in [2.45, 2.75) is 58.9 Å². The highest BCUT2D eigenvalue weighted by Gasteiger charge is 2.25. The van der Waals surface area contributed by atoms with Crippen LogP contribution < -0.4 is 5.32 Å². The Morgan fingerprint density at radius 2 is 2.18 bits per heavy atom. The molecule has 2 heterocycles. The van der Waals surface area contributed by atoms with E-state index in [4.69, 9.17) is 0 Å². The maximum absolute atomic E-state index is 12.7. The Labute approximate surface area is 135 Å². The first-order valence-electron chi connectivity index (χ1n) is 8.44. The van der Waals surface area contributed by atoms with Gasteiger partial charge in [-0.05, 0) is 64.0 Å². The number of nitrogens with zero attached hydrogens (tertiary/aromatic N) is 1. The van der Waals surface area contributed by atoms with Crippen LogP contribution in [0.15, 0.2) is 35.6 Å². The molecule has 0 bridgehead atoms. The Morgan fingerprint density at radius 3 is 2.77 bits per heavy atom. The van der Waals surface area contributed by atoms with Crippen molar-refractivity contribution in [1.29, 1.82) is 0 Å². The van der Waals surface area contributed by atoms with Crippen LogP contribution in [0.1, 0.15) is 53.4 Å². The molecule has 0 saturated carbocycles. The van der Waals surface area contributed by atoms with E-state index in [-0.39, 0.29) is 11.4 Å². The molecular weight excluding hydrogens is 272 g/mol. The molecule has 0 aromatic heterocycles. The van der Waals surface area contributed by atoms with E-state index in [1.165, 1.54) is 11.3 Å². The summed E-state index contributed by atoms with van der Waals surface area (Å²) in [5.41, 5.74) is 3.28. The minimum atomic E-state index is 0.127. The van der Waals surface area contributed by atoms with Gasteiger partial charge in [0, 0.05) is 29.9 Å². The van der Waals surface area contributed by atoms with Gasteiger partial charge in [0.2, 0.25) is 0 Å². The Bertz CT molecular complexity index is 514. The number of hydrogen-bond donors (Lipinski definition) is 1.